The first-order valence-corrected chi connectivity index (χ1v) is 6.69. The number of piperidine rings is 1. The van der Waals surface area contributed by atoms with Crippen molar-refractivity contribution in [2.75, 3.05) is 19.6 Å². The summed E-state index contributed by atoms with van der Waals surface area (Å²) in [5.41, 5.74) is 6.06. The second kappa shape index (κ2) is 6.36. The van der Waals surface area contributed by atoms with Gasteiger partial charge in [0, 0.05) is 19.1 Å². The molecule has 1 rings (SSSR count). The topological polar surface area (TPSA) is 58.4 Å². The second-order valence-corrected chi connectivity index (χ2v) is 5.74. The molecule has 1 saturated heterocycles. The van der Waals surface area contributed by atoms with E-state index in [1.807, 2.05) is 6.92 Å². The van der Waals surface area contributed by atoms with Gasteiger partial charge in [0.2, 0.25) is 5.91 Å². The third-order valence-electron chi connectivity index (χ3n) is 3.66. The molecule has 1 aliphatic heterocycles. The van der Waals surface area contributed by atoms with E-state index in [0.717, 1.165) is 26.1 Å². The van der Waals surface area contributed by atoms with E-state index in [9.17, 15) is 4.79 Å². The van der Waals surface area contributed by atoms with E-state index in [0.29, 0.717) is 11.8 Å². The van der Waals surface area contributed by atoms with Crippen molar-refractivity contribution in [2.24, 2.45) is 17.6 Å². The van der Waals surface area contributed by atoms with Gasteiger partial charge in [-0.2, -0.15) is 0 Å². The number of rotatable bonds is 4. The molecular weight excluding hydrogens is 214 g/mol. The zero-order valence-corrected chi connectivity index (χ0v) is 11.6. The second-order valence-electron chi connectivity index (χ2n) is 5.74. The minimum absolute atomic E-state index is 0.0627. The normalized spacial score (nSPS) is 28.1. The molecule has 0 bridgehead atoms. The minimum atomic E-state index is -0.0627. The summed E-state index contributed by atoms with van der Waals surface area (Å²) in [5, 5.41) is 2.98. The molecule has 0 radical (unpaired) electrons. The highest BCUT2D eigenvalue weighted by Gasteiger charge is 2.29. The quantitative estimate of drug-likeness (QED) is 0.766. The number of amides is 1. The first kappa shape index (κ1) is 14.5. The Morgan fingerprint density at radius 3 is 2.65 bits per heavy atom. The van der Waals surface area contributed by atoms with Crippen molar-refractivity contribution in [3.63, 3.8) is 0 Å². The van der Waals surface area contributed by atoms with Crippen LogP contribution in [0.1, 0.15) is 34.1 Å². The molecule has 1 amide bonds. The van der Waals surface area contributed by atoms with Crippen molar-refractivity contribution in [3.8, 4) is 0 Å². The van der Waals surface area contributed by atoms with Crippen LogP contribution in [0.15, 0.2) is 0 Å². The Hall–Kier alpha value is -0.610. The van der Waals surface area contributed by atoms with Crippen LogP contribution >= 0.6 is 0 Å². The Balaban J connectivity index is 2.41. The van der Waals surface area contributed by atoms with E-state index in [4.69, 9.17) is 5.73 Å². The number of nitrogens with one attached hydrogen (secondary N) is 1. The zero-order chi connectivity index (χ0) is 13.0. The lowest BCUT2D eigenvalue weighted by Crippen LogP contribution is -2.54. The number of likely N-dealkylation sites (tertiary alicyclic amines) is 1. The Labute approximate surface area is 105 Å². The average molecular weight is 241 g/mol. The van der Waals surface area contributed by atoms with Gasteiger partial charge < -0.3 is 11.1 Å². The van der Waals surface area contributed by atoms with Crippen LogP contribution in [0.25, 0.3) is 0 Å². The lowest BCUT2D eigenvalue weighted by Gasteiger charge is -2.38. The van der Waals surface area contributed by atoms with Crippen molar-refractivity contribution in [3.05, 3.63) is 0 Å². The van der Waals surface area contributed by atoms with E-state index < -0.39 is 0 Å². The van der Waals surface area contributed by atoms with Gasteiger partial charge in [-0.3, -0.25) is 9.69 Å². The summed E-state index contributed by atoms with van der Waals surface area (Å²) in [6.07, 6.45) is 1.09. The monoisotopic (exact) mass is 241 g/mol. The van der Waals surface area contributed by atoms with Crippen LogP contribution in [0.2, 0.25) is 0 Å². The predicted molar refractivity (Wildman–Crippen MR) is 70.6 cm³/mol. The van der Waals surface area contributed by atoms with Crippen molar-refractivity contribution in [1.82, 2.24) is 10.2 Å². The fraction of sp³-hybridized carbons (Fsp3) is 0.923. The number of hydrogen-bond donors (Lipinski definition) is 2. The molecule has 0 aromatic heterocycles. The van der Waals surface area contributed by atoms with E-state index in [-0.39, 0.29) is 18.0 Å². The standard InChI is InChI=1S/C13H27N3O/c1-9(2)7-15-13(17)11(4)16-6-5-10(3)12(14)8-16/h9-12H,5-8,14H2,1-4H3,(H,15,17). The molecule has 0 spiro atoms. The van der Waals surface area contributed by atoms with Crippen molar-refractivity contribution >= 4 is 5.91 Å². The van der Waals surface area contributed by atoms with Crippen LogP contribution in [-0.2, 0) is 4.79 Å². The Morgan fingerprint density at radius 2 is 2.12 bits per heavy atom. The average Bonchev–Trinajstić information content (AvgIpc) is 2.28. The number of carbonyl (C=O) groups is 1. The van der Waals surface area contributed by atoms with Crippen molar-refractivity contribution in [1.29, 1.82) is 0 Å². The highest BCUT2D eigenvalue weighted by atomic mass is 16.2. The van der Waals surface area contributed by atoms with E-state index in [2.05, 4.69) is 31.0 Å². The number of carbonyl (C=O) groups excluding carboxylic acids is 1. The number of nitrogens with zero attached hydrogens (tertiary/aromatic N) is 1. The fourth-order valence-corrected chi connectivity index (χ4v) is 2.10. The van der Waals surface area contributed by atoms with Crippen LogP contribution in [-0.4, -0.2) is 42.5 Å². The number of nitrogens with two attached hydrogens (primary N) is 1. The van der Waals surface area contributed by atoms with Crippen LogP contribution in [0.4, 0.5) is 0 Å². The van der Waals surface area contributed by atoms with E-state index >= 15 is 0 Å². The molecule has 0 aromatic rings. The molecule has 3 unspecified atom stereocenters. The predicted octanol–water partition coefficient (Wildman–Crippen LogP) is 0.816. The lowest BCUT2D eigenvalue weighted by atomic mass is 9.93. The van der Waals surface area contributed by atoms with E-state index in [1.165, 1.54) is 0 Å². The van der Waals surface area contributed by atoms with Gasteiger partial charge in [-0.25, -0.2) is 0 Å². The van der Waals surface area contributed by atoms with Gasteiger partial charge in [-0.15, -0.1) is 0 Å². The maximum Gasteiger partial charge on any atom is 0.237 e. The first-order chi connectivity index (χ1) is 7.91. The van der Waals surface area contributed by atoms with Crippen molar-refractivity contribution in [2.45, 2.75) is 46.2 Å². The molecule has 17 heavy (non-hydrogen) atoms. The minimum Gasteiger partial charge on any atom is -0.354 e. The maximum atomic E-state index is 11.9. The first-order valence-electron chi connectivity index (χ1n) is 6.69. The summed E-state index contributed by atoms with van der Waals surface area (Å²) in [4.78, 5) is 14.1. The molecule has 4 heteroatoms. The molecule has 3 N–H and O–H groups in total. The Morgan fingerprint density at radius 1 is 1.47 bits per heavy atom. The van der Waals surface area contributed by atoms with Gasteiger partial charge in [0.25, 0.3) is 0 Å². The third-order valence-corrected chi connectivity index (χ3v) is 3.66. The van der Waals surface area contributed by atoms with Crippen LogP contribution in [0.3, 0.4) is 0 Å². The van der Waals surface area contributed by atoms with Crippen LogP contribution in [0.5, 0.6) is 0 Å². The molecule has 1 heterocycles. The molecular formula is C13H27N3O. The molecule has 1 fully saturated rings. The summed E-state index contributed by atoms with van der Waals surface area (Å²) in [6, 6.07) is 0.136. The SMILES string of the molecule is CC(C)CNC(=O)C(C)N1CCC(C)C(N)C1. The summed E-state index contributed by atoms with van der Waals surface area (Å²) >= 11 is 0. The van der Waals surface area contributed by atoms with Crippen molar-refractivity contribution < 1.29 is 4.79 Å². The summed E-state index contributed by atoms with van der Waals surface area (Å²) in [7, 11) is 0. The zero-order valence-electron chi connectivity index (χ0n) is 11.6. The Bertz CT molecular complexity index is 255. The van der Waals surface area contributed by atoms with Crippen LogP contribution < -0.4 is 11.1 Å². The molecule has 0 saturated carbocycles. The highest BCUT2D eigenvalue weighted by molar-refractivity contribution is 5.81. The summed E-state index contributed by atoms with van der Waals surface area (Å²) < 4.78 is 0. The van der Waals surface area contributed by atoms with Gasteiger partial charge in [0.05, 0.1) is 6.04 Å². The van der Waals surface area contributed by atoms with Gasteiger partial charge >= 0.3 is 0 Å². The fourth-order valence-electron chi connectivity index (χ4n) is 2.10. The highest BCUT2D eigenvalue weighted by Crippen LogP contribution is 2.17. The molecule has 0 aliphatic carbocycles. The maximum absolute atomic E-state index is 11.9. The summed E-state index contributed by atoms with van der Waals surface area (Å²) in [6.45, 7) is 10.9. The van der Waals surface area contributed by atoms with E-state index in [1.54, 1.807) is 0 Å². The Kier molecular flexibility index (Phi) is 5.40. The van der Waals surface area contributed by atoms with Gasteiger partial charge in [0.1, 0.15) is 0 Å². The van der Waals surface area contributed by atoms with Crippen LogP contribution in [0, 0.1) is 11.8 Å². The molecule has 100 valence electrons. The van der Waals surface area contributed by atoms with Gasteiger partial charge in [-0.05, 0) is 31.7 Å². The van der Waals surface area contributed by atoms with Gasteiger partial charge in [0.15, 0.2) is 0 Å². The largest absolute Gasteiger partial charge is 0.354 e. The lowest BCUT2D eigenvalue weighted by molar-refractivity contribution is -0.126. The molecule has 4 nitrogen and oxygen atoms in total. The molecule has 3 atom stereocenters. The number of hydrogen-bond acceptors (Lipinski definition) is 3. The molecule has 0 aromatic carbocycles. The third kappa shape index (κ3) is 4.28. The smallest absolute Gasteiger partial charge is 0.237 e. The van der Waals surface area contributed by atoms with Gasteiger partial charge in [-0.1, -0.05) is 20.8 Å². The molecule has 1 aliphatic rings. The summed E-state index contributed by atoms with van der Waals surface area (Å²) in [5.74, 6) is 1.19.